The number of fused-ring (bicyclic) bond motifs is 6. The highest BCUT2D eigenvalue weighted by atomic mass is 15.2. The van der Waals surface area contributed by atoms with Crippen molar-refractivity contribution in [3.8, 4) is 11.1 Å². The lowest BCUT2D eigenvalue weighted by Crippen LogP contribution is -2.25. The number of aryl methyl sites for hydroxylation is 1. The van der Waals surface area contributed by atoms with Crippen LogP contribution in [-0.2, 0) is 18.3 Å². The highest BCUT2D eigenvalue weighted by molar-refractivity contribution is 5.86. The topological polar surface area (TPSA) is 6.48 Å². The normalized spacial score (nSPS) is 15.5. The SMILES string of the molecule is CC1(C)c2cc(/C=C/c3ccc(N4c5ccccc5Cc5ccccc54)cc3)ccc2-c2ccc(N3CCCc4ccccc43)cc21. The van der Waals surface area contributed by atoms with Crippen LogP contribution in [-0.4, -0.2) is 6.54 Å². The lowest BCUT2D eigenvalue weighted by atomic mass is 9.81. The summed E-state index contributed by atoms with van der Waals surface area (Å²) in [5.41, 5.74) is 18.5. The van der Waals surface area contributed by atoms with Gasteiger partial charge in [-0.3, -0.25) is 0 Å². The van der Waals surface area contributed by atoms with Crippen LogP contribution in [0.5, 0.6) is 0 Å². The minimum atomic E-state index is -0.0670. The van der Waals surface area contributed by atoms with Gasteiger partial charge in [0.25, 0.3) is 0 Å². The molecule has 2 heteroatoms. The molecule has 0 N–H and O–H groups in total. The van der Waals surface area contributed by atoms with Crippen LogP contribution in [0.15, 0.2) is 133 Å². The molecule has 2 aliphatic heterocycles. The molecule has 3 aliphatic rings. The summed E-state index contributed by atoms with van der Waals surface area (Å²) >= 11 is 0. The third kappa shape index (κ3) is 4.62. The number of hydrogen-bond acceptors (Lipinski definition) is 2. The van der Waals surface area contributed by atoms with Gasteiger partial charge in [-0.2, -0.15) is 0 Å². The Balaban J connectivity index is 0.987. The largest absolute Gasteiger partial charge is 0.341 e. The highest BCUT2D eigenvalue weighted by Crippen LogP contribution is 2.51. The van der Waals surface area contributed by atoms with Crippen LogP contribution in [0.3, 0.4) is 0 Å². The van der Waals surface area contributed by atoms with E-state index in [9.17, 15) is 0 Å². The fraction of sp³-hybridized carbons (Fsp3) is 0.156. The van der Waals surface area contributed by atoms with E-state index in [1.54, 1.807) is 0 Å². The van der Waals surface area contributed by atoms with Gasteiger partial charge >= 0.3 is 0 Å². The van der Waals surface area contributed by atoms with E-state index >= 15 is 0 Å². The van der Waals surface area contributed by atoms with Crippen molar-refractivity contribution in [2.24, 2.45) is 0 Å². The molecular formula is C45H38N2. The first-order valence-electron chi connectivity index (χ1n) is 16.9. The Morgan fingerprint density at radius 2 is 1.09 bits per heavy atom. The van der Waals surface area contributed by atoms with E-state index in [1.165, 1.54) is 84.9 Å². The van der Waals surface area contributed by atoms with Crippen LogP contribution >= 0.6 is 0 Å². The van der Waals surface area contributed by atoms with Crippen molar-refractivity contribution in [1.82, 2.24) is 0 Å². The second-order valence-electron chi connectivity index (χ2n) is 13.7. The molecule has 0 spiro atoms. The first-order valence-corrected chi connectivity index (χ1v) is 16.9. The molecule has 0 fully saturated rings. The van der Waals surface area contributed by atoms with Crippen LogP contribution in [0.1, 0.15) is 59.2 Å². The highest BCUT2D eigenvalue weighted by Gasteiger charge is 2.36. The van der Waals surface area contributed by atoms with E-state index in [0.717, 1.165) is 19.4 Å². The maximum Gasteiger partial charge on any atom is 0.0497 e. The smallest absolute Gasteiger partial charge is 0.0497 e. The van der Waals surface area contributed by atoms with E-state index in [4.69, 9.17) is 0 Å². The Bertz CT molecular complexity index is 2140. The lowest BCUT2D eigenvalue weighted by molar-refractivity contribution is 0.659. The molecule has 228 valence electrons. The van der Waals surface area contributed by atoms with Crippen LogP contribution in [0.2, 0.25) is 0 Å². The molecule has 0 amide bonds. The van der Waals surface area contributed by atoms with Gasteiger partial charge in [0.1, 0.15) is 0 Å². The fourth-order valence-electron chi connectivity index (χ4n) is 8.11. The molecule has 1 aliphatic carbocycles. The van der Waals surface area contributed by atoms with Crippen molar-refractivity contribution in [2.45, 2.75) is 38.5 Å². The zero-order valence-corrected chi connectivity index (χ0v) is 27.1. The van der Waals surface area contributed by atoms with Gasteiger partial charge in [0.05, 0.1) is 0 Å². The maximum absolute atomic E-state index is 2.51. The number of nitrogens with zero attached hydrogens (tertiary/aromatic N) is 2. The molecule has 6 aromatic carbocycles. The van der Waals surface area contributed by atoms with Crippen molar-refractivity contribution >= 4 is 40.6 Å². The third-order valence-electron chi connectivity index (χ3n) is 10.6. The first kappa shape index (κ1) is 27.9. The van der Waals surface area contributed by atoms with Crippen LogP contribution in [0, 0.1) is 0 Å². The summed E-state index contributed by atoms with van der Waals surface area (Å²) in [6, 6.07) is 49.5. The Kier molecular flexibility index (Phi) is 6.47. The van der Waals surface area contributed by atoms with Gasteiger partial charge in [-0.15, -0.1) is 0 Å². The zero-order chi connectivity index (χ0) is 31.5. The Morgan fingerprint density at radius 1 is 0.532 bits per heavy atom. The van der Waals surface area contributed by atoms with Gasteiger partial charge in [-0.25, -0.2) is 0 Å². The van der Waals surface area contributed by atoms with Gasteiger partial charge in [-0.1, -0.05) is 117 Å². The first-order chi connectivity index (χ1) is 23.0. The molecule has 0 saturated heterocycles. The van der Waals surface area contributed by atoms with E-state index in [-0.39, 0.29) is 5.41 Å². The second-order valence-corrected chi connectivity index (χ2v) is 13.7. The van der Waals surface area contributed by atoms with E-state index < -0.39 is 0 Å². The number of rotatable bonds is 4. The number of hydrogen-bond donors (Lipinski definition) is 0. The number of benzene rings is 6. The summed E-state index contributed by atoms with van der Waals surface area (Å²) in [5.74, 6) is 0. The summed E-state index contributed by atoms with van der Waals surface area (Å²) in [6.45, 7) is 5.83. The molecule has 6 aromatic rings. The average molecular weight is 607 g/mol. The maximum atomic E-state index is 2.51. The van der Waals surface area contributed by atoms with Gasteiger partial charge in [0.15, 0.2) is 0 Å². The quantitative estimate of drug-likeness (QED) is 0.184. The van der Waals surface area contributed by atoms with E-state index in [2.05, 4.69) is 169 Å². The second kappa shape index (κ2) is 10.9. The van der Waals surface area contributed by atoms with Crippen molar-refractivity contribution < 1.29 is 0 Å². The average Bonchev–Trinajstić information content (AvgIpc) is 3.34. The number of para-hydroxylation sites is 3. The van der Waals surface area contributed by atoms with E-state index in [1.807, 2.05) is 0 Å². The Hall–Kier alpha value is -5.34. The molecule has 0 saturated carbocycles. The monoisotopic (exact) mass is 606 g/mol. The molecule has 0 aromatic heterocycles. The van der Waals surface area contributed by atoms with Gasteiger partial charge in [0, 0.05) is 46.8 Å². The molecule has 0 atom stereocenters. The van der Waals surface area contributed by atoms with Crippen molar-refractivity contribution in [1.29, 1.82) is 0 Å². The molecule has 0 radical (unpaired) electrons. The van der Waals surface area contributed by atoms with Gasteiger partial charge < -0.3 is 9.80 Å². The van der Waals surface area contributed by atoms with Crippen LogP contribution < -0.4 is 9.80 Å². The Labute approximate surface area is 278 Å². The van der Waals surface area contributed by atoms with E-state index in [0.29, 0.717) is 0 Å². The lowest BCUT2D eigenvalue weighted by Gasteiger charge is -2.33. The molecule has 0 bridgehead atoms. The predicted molar refractivity (Wildman–Crippen MR) is 199 cm³/mol. The summed E-state index contributed by atoms with van der Waals surface area (Å²) in [4.78, 5) is 4.91. The summed E-state index contributed by atoms with van der Waals surface area (Å²) in [6.07, 6.45) is 7.83. The van der Waals surface area contributed by atoms with Crippen molar-refractivity contribution in [3.63, 3.8) is 0 Å². The summed E-state index contributed by atoms with van der Waals surface area (Å²) in [7, 11) is 0. The molecular weight excluding hydrogens is 569 g/mol. The molecule has 2 nitrogen and oxygen atoms in total. The summed E-state index contributed by atoms with van der Waals surface area (Å²) < 4.78 is 0. The molecule has 9 rings (SSSR count). The zero-order valence-electron chi connectivity index (χ0n) is 27.1. The van der Waals surface area contributed by atoms with Gasteiger partial charge in [0.2, 0.25) is 0 Å². The predicted octanol–water partition coefficient (Wildman–Crippen LogP) is 11.6. The molecule has 47 heavy (non-hydrogen) atoms. The fourth-order valence-corrected chi connectivity index (χ4v) is 8.11. The standard InChI is InChI=1S/C45H38N2/c1-45(2)40-28-32(21-25-38(40)39-26-24-37(30-41(39)45)46-27-9-13-33-10-3-6-14-42(33)46)18-17-31-19-22-36(23-20-31)47-43-15-7-4-11-34(43)29-35-12-5-8-16-44(35)47/h3-8,10-12,14-26,28,30H,9,13,27,29H2,1-2H3/b18-17+. The molecule has 2 heterocycles. The Morgan fingerprint density at radius 3 is 1.81 bits per heavy atom. The van der Waals surface area contributed by atoms with Crippen molar-refractivity contribution in [2.75, 3.05) is 16.3 Å². The molecule has 0 unspecified atom stereocenters. The summed E-state index contributed by atoms with van der Waals surface area (Å²) in [5, 5.41) is 0. The van der Waals surface area contributed by atoms with Crippen LogP contribution in [0.25, 0.3) is 23.3 Å². The number of anilines is 5. The minimum absolute atomic E-state index is 0.0670. The van der Waals surface area contributed by atoms with Gasteiger partial charge in [-0.05, 0) is 105 Å². The van der Waals surface area contributed by atoms with Crippen LogP contribution in [0.4, 0.5) is 28.4 Å². The third-order valence-corrected chi connectivity index (χ3v) is 10.6. The van der Waals surface area contributed by atoms with Crippen molar-refractivity contribution in [3.05, 3.63) is 172 Å². The minimum Gasteiger partial charge on any atom is -0.341 e.